The molecule has 3 aromatic heterocycles. The van der Waals surface area contributed by atoms with Crippen LogP contribution >= 0.6 is 0 Å². The Labute approximate surface area is 256 Å². The second-order valence-electron chi connectivity index (χ2n) is 12.9. The van der Waals surface area contributed by atoms with Crippen molar-refractivity contribution in [3.8, 4) is 17.3 Å². The minimum Gasteiger partial charge on any atom is -0.494 e. The molecule has 1 aliphatic carbocycles. The maximum atomic E-state index is 13.5. The maximum absolute atomic E-state index is 13.5. The molecule has 11 heteroatoms. The van der Waals surface area contributed by atoms with Gasteiger partial charge in [0.05, 0.1) is 42.6 Å². The molecule has 0 unspecified atom stereocenters. The van der Waals surface area contributed by atoms with Gasteiger partial charge < -0.3 is 34.6 Å². The fraction of sp³-hybridized carbons (Fsp3) is 0.515. The number of hydrogen-bond acceptors (Lipinski definition) is 7. The molecule has 11 nitrogen and oxygen atoms in total. The van der Waals surface area contributed by atoms with Crippen molar-refractivity contribution in [2.45, 2.75) is 51.7 Å². The average Bonchev–Trinajstić information content (AvgIpc) is 3.54. The summed E-state index contributed by atoms with van der Waals surface area (Å²) < 4.78 is 16.1. The molecule has 2 bridgehead atoms. The standard InChI is InChI=1S/C33H41N7O4/c1-18-16-44-17-23-10-22(23)14-40-27(12-20-7-8-25(36-30(20)40)19(2)35-32(18)41)31-37-26-11-21(13-28(43-4)29(26)38(31)3)33(42)39-9-5-6-24(34)15-39/h7-8,11-13,18-19,22-24H,5-6,9-10,14-17,34H2,1-4H3,(H,35,41)/t18-,19-,22-,23+,24-/m1/s1. The van der Waals surface area contributed by atoms with Crippen molar-refractivity contribution < 1.29 is 19.1 Å². The number of amides is 2. The molecule has 2 aliphatic heterocycles. The molecule has 0 spiro atoms. The summed E-state index contributed by atoms with van der Waals surface area (Å²) in [6, 6.07) is 9.63. The van der Waals surface area contributed by atoms with Gasteiger partial charge in [0.2, 0.25) is 5.91 Å². The molecule has 4 aromatic rings. The Morgan fingerprint density at radius 2 is 1.95 bits per heavy atom. The predicted octanol–water partition coefficient (Wildman–Crippen LogP) is 3.64. The van der Waals surface area contributed by atoms with Crippen LogP contribution in [-0.4, -0.2) is 75.3 Å². The number of carbonyl (C=O) groups is 2. The van der Waals surface area contributed by atoms with Gasteiger partial charge in [0.25, 0.3) is 5.91 Å². The van der Waals surface area contributed by atoms with Crippen molar-refractivity contribution in [2.75, 3.05) is 33.4 Å². The summed E-state index contributed by atoms with van der Waals surface area (Å²) in [6.07, 6.45) is 2.90. The van der Waals surface area contributed by atoms with Crippen LogP contribution in [0.15, 0.2) is 30.3 Å². The lowest BCUT2D eigenvalue weighted by molar-refractivity contribution is -0.127. The highest BCUT2D eigenvalue weighted by Crippen LogP contribution is 2.43. The number of aryl methyl sites for hydroxylation is 1. The van der Waals surface area contributed by atoms with Gasteiger partial charge in [-0.05, 0) is 68.4 Å². The Morgan fingerprint density at radius 3 is 2.75 bits per heavy atom. The van der Waals surface area contributed by atoms with E-state index in [-0.39, 0.29) is 29.8 Å². The SMILES string of the molecule is COc1cc(C(=O)N2CCC[C@@H](N)C2)cc2nc(-c3cc4ccc5nc4n3C[C@H]3C[C@H]3COC[C@@H](C)C(=O)N[C@@H]5C)n(C)c12. The number of rotatable bonds is 3. The van der Waals surface area contributed by atoms with E-state index in [1.165, 1.54) is 0 Å². The number of fused-ring (bicyclic) bond motifs is 3. The van der Waals surface area contributed by atoms with Crippen LogP contribution in [0.2, 0.25) is 0 Å². The maximum Gasteiger partial charge on any atom is 0.254 e. The van der Waals surface area contributed by atoms with Gasteiger partial charge >= 0.3 is 0 Å². The zero-order chi connectivity index (χ0) is 30.7. The molecule has 7 rings (SSSR count). The second kappa shape index (κ2) is 11.2. The van der Waals surface area contributed by atoms with E-state index in [2.05, 4.69) is 22.0 Å². The number of nitrogens with two attached hydrogens (primary N) is 1. The van der Waals surface area contributed by atoms with Gasteiger partial charge in [0, 0.05) is 50.3 Å². The summed E-state index contributed by atoms with van der Waals surface area (Å²) >= 11 is 0. The van der Waals surface area contributed by atoms with Crippen molar-refractivity contribution in [2.24, 2.45) is 30.5 Å². The van der Waals surface area contributed by atoms with Gasteiger partial charge in [-0.3, -0.25) is 9.59 Å². The number of pyridine rings is 1. The molecule has 5 atom stereocenters. The first-order chi connectivity index (χ1) is 21.2. The molecule has 5 heterocycles. The Kier molecular flexibility index (Phi) is 7.32. The highest BCUT2D eigenvalue weighted by Gasteiger charge is 2.39. The normalized spacial score (nSPS) is 26.0. The largest absolute Gasteiger partial charge is 0.494 e. The van der Waals surface area contributed by atoms with Gasteiger partial charge in [-0.15, -0.1) is 0 Å². The quantitative estimate of drug-likeness (QED) is 0.368. The third kappa shape index (κ3) is 5.11. The molecule has 2 amide bonds. The number of nitrogens with zero attached hydrogens (tertiary/aromatic N) is 5. The van der Waals surface area contributed by atoms with Crippen LogP contribution in [0.1, 0.15) is 55.2 Å². The van der Waals surface area contributed by atoms with Gasteiger partial charge in [0.15, 0.2) is 5.82 Å². The van der Waals surface area contributed by atoms with E-state index in [0.29, 0.717) is 55.0 Å². The number of methoxy groups -OCH3 is 1. The summed E-state index contributed by atoms with van der Waals surface area (Å²) in [4.78, 5) is 38.4. The van der Waals surface area contributed by atoms with E-state index in [9.17, 15) is 9.59 Å². The van der Waals surface area contributed by atoms with Gasteiger partial charge in [0.1, 0.15) is 16.9 Å². The zero-order valence-electron chi connectivity index (χ0n) is 25.9. The van der Waals surface area contributed by atoms with E-state index >= 15 is 0 Å². The molecular weight excluding hydrogens is 558 g/mol. The third-order valence-corrected chi connectivity index (χ3v) is 9.58. The number of hydrogen-bond donors (Lipinski definition) is 2. The van der Waals surface area contributed by atoms with E-state index in [0.717, 1.165) is 59.6 Å². The van der Waals surface area contributed by atoms with Crippen LogP contribution in [0.4, 0.5) is 0 Å². The summed E-state index contributed by atoms with van der Waals surface area (Å²) in [5, 5.41) is 4.11. The Morgan fingerprint density at radius 1 is 1.11 bits per heavy atom. The number of ether oxygens (including phenoxy) is 2. The third-order valence-electron chi connectivity index (χ3n) is 9.58. The first kappa shape index (κ1) is 28.8. The van der Waals surface area contributed by atoms with Crippen LogP contribution < -0.4 is 15.8 Å². The second-order valence-corrected chi connectivity index (χ2v) is 12.9. The van der Waals surface area contributed by atoms with E-state index < -0.39 is 0 Å². The molecule has 1 saturated heterocycles. The highest BCUT2D eigenvalue weighted by atomic mass is 16.5. The Bertz CT molecular complexity index is 1760. The number of nitrogens with one attached hydrogen (secondary N) is 1. The molecule has 44 heavy (non-hydrogen) atoms. The van der Waals surface area contributed by atoms with Gasteiger partial charge in [-0.2, -0.15) is 0 Å². The highest BCUT2D eigenvalue weighted by molar-refractivity contribution is 6.00. The molecule has 1 aromatic carbocycles. The molecule has 3 aliphatic rings. The average molecular weight is 600 g/mol. The first-order valence-corrected chi connectivity index (χ1v) is 15.7. The van der Waals surface area contributed by atoms with E-state index in [1.807, 2.05) is 48.6 Å². The number of aromatic nitrogens is 4. The summed E-state index contributed by atoms with van der Waals surface area (Å²) in [5.41, 5.74) is 10.9. The number of benzene rings is 1. The minimum absolute atomic E-state index is 0.000830. The molecule has 0 radical (unpaired) electrons. The summed E-state index contributed by atoms with van der Waals surface area (Å²) in [5.74, 6) is 1.95. The van der Waals surface area contributed by atoms with Crippen LogP contribution in [-0.2, 0) is 23.1 Å². The fourth-order valence-corrected chi connectivity index (χ4v) is 6.82. The van der Waals surface area contributed by atoms with E-state index in [4.69, 9.17) is 25.2 Å². The first-order valence-electron chi connectivity index (χ1n) is 15.7. The van der Waals surface area contributed by atoms with E-state index in [1.54, 1.807) is 7.11 Å². The smallest absolute Gasteiger partial charge is 0.254 e. The zero-order valence-corrected chi connectivity index (χ0v) is 25.9. The van der Waals surface area contributed by atoms with Crippen molar-refractivity contribution in [3.05, 3.63) is 41.6 Å². The monoisotopic (exact) mass is 599 g/mol. The Balaban J connectivity index is 1.33. The lowest BCUT2D eigenvalue weighted by atomic mass is 10.0. The number of piperidine rings is 1. The van der Waals surface area contributed by atoms with Crippen molar-refractivity contribution in [1.82, 2.24) is 29.3 Å². The van der Waals surface area contributed by atoms with Crippen LogP contribution in [0.25, 0.3) is 33.6 Å². The number of imidazole rings is 1. The molecule has 3 N–H and O–H groups in total. The lowest BCUT2D eigenvalue weighted by Crippen LogP contribution is -2.45. The Hall–Kier alpha value is -3.96. The topological polar surface area (TPSA) is 130 Å². The molecule has 232 valence electrons. The number of likely N-dealkylation sites (tertiary alicyclic amines) is 1. The minimum atomic E-state index is -0.247. The van der Waals surface area contributed by atoms with Crippen LogP contribution in [0.5, 0.6) is 5.75 Å². The van der Waals surface area contributed by atoms with Crippen molar-refractivity contribution in [3.63, 3.8) is 0 Å². The van der Waals surface area contributed by atoms with Gasteiger partial charge in [-0.25, -0.2) is 9.97 Å². The van der Waals surface area contributed by atoms with Crippen LogP contribution in [0, 0.1) is 17.8 Å². The van der Waals surface area contributed by atoms with Crippen molar-refractivity contribution in [1.29, 1.82) is 0 Å². The summed E-state index contributed by atoms with van der Waals surface area (Å²) in [6.45, 7) is 6.96. The number of carbonyl (C=O) groups excluding carboxylic acids is 2. The predicted molar refractivity (Wildman–Crippen MR) is 167 cm³/mol. The van der Waals surface area contributed by atoms with Gasteiger partial charge in [-0.1, -0.05) is 6.92 Å². The molecule has 2 fully saturated rings. The molecule has 1 saturated carbocycles. The lowest BCUT2D eigenvalue weighted by Gasteiger charge is -2.30. The van der Waals surface area contributed by atoms with Crippen LogP contribution in [0.3, 0.4) is 0 Å². The van der Waals surface area contributed by atoms with Crippen molar-refractivity contribution >= 4 is 33.9 Å². The molecular formula is C33H41N7O4. The summed E-state index contributed by atoms with van der Waals surface area (Å²) in [7, 11) is 3.61. The fourth-order valence-electron chi connectivity index (χ4n) is 6.82.